The van der Waals surface area contributed by atoms with Crippen molar-refractivity contribution in [2.45, 2.75) is 57.6 Å². The molecule has 1 aromatic rings. The summed E-state index contributed by atoms with van der Waals surface area (Å²) in [5.41, 5.74) is 7.24. The van der Waals surface area contributed by atoms with E-state index in [1.807, 2.05) is 18.2 Å². The summed E-state index contributed by atoms with van der Waals surface area (Å²) >= 11 is 0. The maximum absolute atomic E-state index is 6.30. The zero-order chi connectivity index (χ0) is 13.9. The molecule has 1 aromatic carbocycles. The summed E-state index contributed by atoms with van der Waals surface area (Å²) < 4.78 is 11.5. The number of methoxy groups -OCH3 is 1. The molecule has 0 saturated carbocycles. The van der Waals surface area contributed by atoms with Gasteiger partial charge >= 0.3 is 0 Å². The third-order valence-electron chi connectivity index (χ3n) is 3.94. The lowest BCUT2D eigenvalue weighted by molar-refractivity contribution is 0.0428. The Hall–Kier alpha value is -1.22. The molecule has 0 saturated heterocycles. The molecule has 2 rings (SSSR count). The third kappa shape index (κ3) is 3.21. The maximum Gasteiger partial charge on any atom is 0.128 e. The summed E-state index contributed by atoms with van der Waals surface area (Å²) in [7, 11) is 1.67. The van der Waals surface area contributed by atoms with Gasteiger partial charge in [-0.15, -0.1) is 0 Å². The van der Waals surface area contributed by atoms with Crippen LogP contribution in [0.25, 0.3) is 0 Å². The van der Waals surface area contributed by atoms with Crippen LogP contribution >= 0.6 is 0 Å². The Balaban J connectivity index is 2.16. The van der Waals surface area contributed by atoms with Gasteiger partial charge in [-0.05, 0) is 25.8 Å². The molecular formula is C16H25NO2. The lowest BCUT2D eigenvalue weighted by Crippen LogP contribution is -2.40. The average molecular weight is 263 g/mol. The summed E-state index contributed by atoms with van der Waals surface area (Å²) in [6.07, 6.45) is 5.62. The van der Waals surface area contributed by atoms with E-state index in [9.17, 15) is 0 Å². The smallest absolute Gasteiger partial charge is 0.128 e. The standard InChI is InChI=1S/C16H25NO2/c1-4-5-6-9-16(2)11-14(17)13-8-7-12(18-3)10-15(13)19-16/h7-8,10,14H,4-6,9,11,17H2,1-3H3. The number of rotatable bonds is 5. The lowest BCUT2D eigenvalue weighted by atomic mass is 9.85. The van der Waals surface area contributed by atoms with Gasteiger partial charge in [-0.3, -0.25) is 0 Å². The van der Waals surface area contributed by atoms with Gasteiger partial charge < -0.3 is 15.2 Å². The van der Waals surface area contributed by atoms with Gasteiger partial charge in [-0.2, -0.15) is 0 Å². The second kappa shape index (κ2) is 5.83. The van der Waals surface area contributed by atoms with E-state index in [1.165, 1.54) is 19.3 Å². The molecule has 0 fully saturated rings. The zero-order valence-corrected chi connectivity index (χ0v) is 12.2. The SMILES string of the molecule is CCCCCC1(C)CC(N)c2ccc(OC)cc2O1. The molecule has 19 heavy (non-hydrogen) atoms. The topological polar surface area (TPSA) is 44.5 Å². The first-order valence-electron chi connectivity index (χ1n) is 7.20. The summed E-state index contributed by atoms with van der Waals surface area (Å²) in [6.45, 7) is 4.39. The molecule has 0 aliphatic carbocycles. The fraction of sp³-hybridized carbons (Fsp3) is 0.625. The number of unbranched alkanes of at least 4 members (excludes halogenated alkanes) is 2. The van der Waals surface area contributed by atoms with Crippen molar-refractivity contribution in [3.8, 4) is 11.5 Å². The Morgan fingerprint density at radius 2 is 2.21 bits per heavy atom. The molecule has 3 nitrogen and oxygen atoms in total. The number of hydrogen-bond donors (Lipinski definition) is 1. The van der Waals surface area contributed by atoms with Crippen molar-refractivity contribution in [3.63, 3.8) is 0 Å². The highest BCUT2D eigenvalue weighted by Gasteiger charge is 2.35. The van der Waals surface area contributed by atoms with Gasteiger partial charge in [-0.25, -0.2) is 0 Å². The highest BCUT2D eigenvalue weighted by atomic mass is 16.5. The van der Waals surface area contributed by atoms with Crippen LogP contribution in [-0.4, -0.2) is 12.7 Å². The first-order chi connectivity index (χ1) is 9.08. The van der Waals surface area contributed by atoms with Gasteiger partial charge in [0.15, 0.2) is 0 Å². The van der Waals surface area contributed by atoms with Crippen LogP contribution in [0.4, 0.5) is 0 Å². The van der Waals surface area contributed by atoms with E-state index in [4.69, 9.17) is 15.2 Å². The molecule has 106 valence electrons. The fourth-order valence-electron chi connectivity index (χ4n) is 2.82. The van der Waals surface area contributed by atoms with Gasteiger partial charge in [0.2, 0.25) is 0 Å². The first kappa shape index (κ1) is 14.2. The summed E-state index contributed by atoms with van der Waals surface area (Å²) in [5, 5.41) is 0. The van der Waals surface area contributed by atoms with Gasteiger partial charge in [0.1, 0.15) is 17.1 Å². The predicted molar refractivity (Wildman–Crippen MR) is 77.7 cm³/mol. The van der Waals surface area contributed by atoms with Crippen molar-refractivity contribution in [1.82, 2.24) is 0 Å². The van der Waals surface area contributed by atoms with Crippen molar-refractivity contribution in [1.29, 1.82) is 0 Å². The van der Waals surface area contributed by atoms with Crippen LogP contribution in [0.2, 0.25) is 0 Å². The third-order valence-corrected chi connectivity index (χ3v) is 3.94. The van der Waals surface area contributed by atoms with Gasteiger partial charge in [0, 0.05) is 24.1 Å². The summed E-state index contributed by atoms with van der Waals surface area (Å²) in [6, 6.07) is 5.97. The molecule has 0 aromatic heterocycles. The quantitative estimate of drug-likeness (QED) is 0.821. The maximum atomic E-state index is 6.30. The van der Waals surface area contributed by atoms with Crippen LogP contribution in [0, 0.1) is 0 Å². The van der Waals surface area contributed by atoms with Crippen LogP contribution in [0.1, 0.15) is 57.6 Å². The highest BCUT2D eigenvalue weighted by molar-refractivity contribution is 5.44. The molecular weight excluding hydrogens is 238 g/mol. The Morgan fingerprint density at radius 3 is 2.89 bits per heavy atom. The molecule has 0 spiro atoms. The van der Waals surface area contributed by atoms with Crippen LogP contribution in [-0.2, 0) is 0 Å². The van der Waals surface area contributed by atoms with Crippen molar-refractivity contribution in [2.75, 3.05) is 7.11 Å². The van der Waals surface area contributed by atoms with Crippen LogP contribution in [0.3, 0.4) is 0 Å². The molecule has 2 atom stereocenters. The molecule has 0 amide bonds. The minimum Gasteiger partial charge on any atom is -0.497 e. The largest absolute Gasteiger partial charge is 0.497 e. The van der Waals surface area contributed by atoms with E-state index < -0.39 is 0 Å². The molecule has 3 heteroatoms. The normalized spacial score (nSPS) is 25.6. The average Bonchev–Trinajstić information content (AvgIpc) is 2.38. The van der Waals surface area contributed by atoms with Gasteiger partial charge in [-0.1, -0.05) is 25.8 Å². The Labute approximate surface area is 116 Å². The number of benzene rings is 1. The van der Waals surface area contributed by atoms with Crippen molar-refractivity contribution >= 4 is 0 Å². The Kier molecular flexibility index (Phi) is 4.35. The van der Waals surface area contributed by atoms with Crippen LogP contribution in [0.15, 0.2) is 18.2 Å². The number of fused-ring (bicyclic) bond motifs is 1. The molecule has 2 unspecified atom stereocenters. The second-order valence-corrected chi connectivity index (χ2v) is 5.72. The molecule has 2 N–H and O–H groups in total. The van der Waals surface area contributed by atoms with Gasteiger partial charge in [0.05, 0.1) is 7.11 Å². The number of hydrogen-bond acceptors (Lipinski definition) is 3. The van der Waals surface area contributed by atoms with Crippen molar-refractivity contribution < 1.29 is 9.47 Å². The predicted octanol–water partition coefficient (Wildman–Crippen LogP) is 3.82. The van der Waals surface area contributed by atoms with Gasteiger partial charge in [0.25, 0.3) is 0 Å². The van der Waals surface area contributed by atoms with E-state index in [0.717, 1.165) is 29.9 Å². The second-order valence-electron chi connectivity index (χ2n) is 5.72. The van der Waals surface area contributed by atoms with Crippen molar-refractivity contribution in [3.05, 3.63) is 23.8 Å². The van der Waals surface area contributed by atoms with E-state index in [0.29, 0.717) is 0 Å². The summed E-state index contributed by atoms with van der Waals surface area (Å²) in [5.74, 6) is 1.71. The minimum atomic E-state index is -0.145. The highest BCUT2D eigenvalue weighted by Crippen LogP contribution is 2.42. The molecule has 0 bridgehead atoms. The minimum absolute atomic E-state index is 0.0567. The van der Waals surface area contributed by atoms with E-state index in [1.54, 1.807) is 7.11 Å². The Bertz CT molecular complexity index is 433. The summed E-state index contributed by atoms with van der Waals surface area (Å²) in [4.78, 5) is 0. The molecule has 0 radical (unpaired) electrons. The Morgan fingerprint density at radius 1 is 1.42 bits per heavy atom. The molecule has 1 heterocycles. The first-order valence-corrected chi connectivity index (χ1v) is 7.20. The number of nitrogens with two attached hydrogens (primary N) is 1. The number of ether oxygens (including phenoxy) is 2. The monoisotopic (exact) mass is 263 g/mol. The van der Waals surface area contributed by atoms with E-state index in [2.05, 4.69) is 13.8 Å². The molecule has 1 aliphatic heterocycles. The molecule has 1 aliphatic rings. The lowest BCUT2D eigenvalue weighted by Gasteiger charge is -2.39. The van der Waals surface area contributed by atoms with Crippen LogP contribution < -0.4 is 15.2 Å². The zero-order valence-electron chi connectivity index (χ0n) is 12.2. The van der Waals surface area contributed by atoms with Crippen molar-refractivity contribution in [2.24, 2.45) is 5.73 Å². The van der Waals surface area contributed by atoms with Crippen LogP contribution in [0.5, 0.6) is 11.5 Å². The fourth-order valence-corrected chi connectivity index (χ4v) is 2.82. The van der Waals surface area contributed by atoms with E-state index >= 15 is 0 Å². The van der Waals surface area contributed by atoms with E-state index in [-0.39, 0.29) is 11.6 Å².